The molecule has 6 nitrogen and oxygen atoms in total. The van der Waals surface area contributed by atoms with Gasteiger partial charge in [-0.3, -0.25) is 14.5 Å². The second-order valence-corrected chi connectivity index (χ2v) is 4.69. The van der Waals surface area contributed by atoms with Gasteiger partial charge in [0.1, 0.15) is 0 Å². The lowest BCUT2D eigenvalue weighted by Gasteiger charge is -2.16. The predicted molar refractivity (Wildman–Crippen MR) is 68.8 cm³/mol. The summed E-state index contributed by atoms with van der Waals surface area (Å²) in [5.74, 6) is -2.53. The van der Waals surface area contributed by atoms with Crippen LogP contribution in [0, 0.1) is 0 Å². The smallest absolute Gasteiger partial charge is 0.332 e. The average Bonchev–Trinajstić information content (AvgIpc) is 2.72. The van der Waals surface area contributed by atoms with Crippen LogP contribution in [-0.2, 0) is 14.4 Å². The van der Waals surface area contributed by atoms with Crippen molar-refractivity contribution in [1.82, 2.24) is 4.90 Å². The van der Waals surface area contributed by atoms with Gasteiger partial charge in [0.25, 0.3) is 0 Å². The first-order valence-electron chi connectivity index (χ1n) is 6.30. The van der Waals surface area contributed by atoms with Crippen LogP contribution in [0.25, 0.3) is 0 Å². The SMILES string of the molecule is O=C(O)C(O)CCN1C(=O)CC(c2ccccc2)C1=O. The minimum Gasteiger partial charge on any atom is -0.479 e. The van der Waals surface area contributed by atoms with Gasteiger partial charge in [-0.05, 0) is 5.56 Å². The molecule has 1 heterocycles. The molecule has 1 saturated heterocycles. The number of amides is 2. The number of carbonyl (C=O) groups is 3. The van der Waals surface area contributed by atoms with Crippen LogP contribution in [0.15, 0.2) is 30.3 Å². The van der Waals surface area contributed by atoms with Crippen LogP contribution >= 0.6 is 0 Å². The van der Waals surface area contributed by atoms with Gasteiger partial charge >= 0.3 is 5.97 Å². The molecule has 1 fully saturated rings. The third-order valence-electron chi connectivity index (χ3n) is 3.36. The molecule has 0 aromatic heterocycles. The van der Waals surface area contributed by atoms with Crippen LogP contribution in [0.4, 0.5) is 0 Å². The van der Waals surface area contributed by atoms with Crippen molar-refractivity contribution in [2.45, 2.75) is 24.9 Å². The summed E-state index contributed by atoms with van der Waals surface area (Å²) in [6.07, 6.45) is -1.63. The summed E-state index contributed by atoms with van der Waals surface area (Å²) in [6.45, 7) is -0.0749. The van der Waals surface area contributed by atoms with Gasteiger partial charge in [0.2, 0.25) is 11.8 Å². The van der Waals surface area contributed by atoms with E-state index in [0.29, 0.717) is 0 Å². The minimum atomic E-state index is -1.56. The number of aliphatic carboxylic acids is 1. The average molecular weight is 277 g/mol. The highest BCUT2D eigenvalue weighted by molar-refractivity contribution is 6.06. The highest BCUT2D eigenvalue weighted by Gasteiger charge is 2.39. The van der Waals surface area contributed by atoms with Gasteiger partial charge in [-0.15, -0.1) is 0 Å². The van der Waals surface area contributed by atoms with Crippen molar-refractivity contribution < 1.29 is 24.6 Å². The zero-order chi connectivity index (χ0) is 14.7. The molecule has 0 aliphatic carbocycles. The Morgan fingerprint density at radius 3 is 2.55 bits per heavy atom. The molecule has 1 aromatic carbocycles. The lowest BCUT2D eigenvalue weighted by atomic mass is 9.98. The van der Waals surface area contributed by atoms with Crippen molar-refractivity contribution >= 4 is 17.8 Å². The van der Waals surface area contributed by atoms with E-state index >= 15 is 0 Å². The Labute approximate surface area is 115 Å². The number of rotatable bonds is 5. The first-order valence-corrected chi connectivity index (χ1v) is 6.30. The fourth-order valence-electron chi connectivity index (χ4n) is 2.24. The molecule has 1 aliphatic rings. The van der Waals surface area contributed by atoms with Gasteiger partial charge in [-0.1, -0.05) is 30.3 Å². The fourth-order valence-corrected chi connectivity index (χ4v) is 2.24. The molecular weight excluding hydrogens is 262 g/mol. The predicted octanol–water partition coefficient (Wildman–Crippen LogP) is 0.365. The van der Waals surface area contributed by atoms with E-state index in [2.05, 4.69) is 0 Å². The molecule has 0 radical (unpaired) electrons. The van der Waals surface area contributed by atoms with Gasteiger partial charge in [-0.2, -0.15) is 0 Å². The molecule has 0 saturated carbocycles. The van der Waals surface area contributed by atoms with Crippen molar-refractivity contribution in [1.29, 1.82) is 0 Å². The number of imide groups is 1. The zero-order valence-electron chi connectivity index (χ0n) is 10.7. The van der Waals surface area contributed by atoms with E-state index in [-0.39, 0.29) is 31.2 Å². The molecule has 2 atom stereocenters. The van der Waals surface area contributed by atoms with Gasteiger partial charge in [0.05, 0.1) is 5.92 Å². The van der Waals surface area contributed by atoms with Crippen molar-refractivity contribution in [2.24, 2.45) is 0 Å². The number of likely N-dealkylation sites (tertiary alicyclic amines) is 1. The monoisotopic (exact) mass is 277 g/mol. The van der Waals surface area contributed by atoms with Gasteiger partial charge in [0.15, 0.2) is 6.10 Å². The second kappa shape index (κ2) is 5.83. The van der Waals surface area contributed by atoms with E-state index < -0.39 is 18.0 Å². The third-order valence-corrected chi connectivity index (χ3v) is 3.36. The van der Waals surface area contributed by atoms with Crippen LogP contribution < -0.4 is 0 Å². The Balaban J connectivity index is 2.04. The topological polar surface area (TPSA) is 94.9 Å². The van der Waals surface area contributed by atoms with E-state index in [0.717, 1.165) is 10.5 Å². The van der Waals surface area contributed by atoms with Crippen molar-refractivity contribution in [3.8, 4) is 0 Å². The molecule has 2 amide bonds. The summed E-state index contributed by atoms with van der Waals surface area (Å²) < 4.78 is 0. The molecule has 0 bridgehead atoms. The van der Waals surface area contributed by atoms with Crippen molar-refractivity contribution in [3.05, 3.63) is 35.9 Å². The van der Waals surface area contributed by atoms with Crippen LogP contribution in [0.5, 0.6) is 0 Å². The summed E-state index contributed by atoms with van der Waals surface area (Å²) in [4.78, 5) is 35.5. The first-order chi connectivity index (χ1) is 9.50. The quantitative estimate of drug-likeness (QED) is 0.758. The maximum absolute atomic E-state index is 12.2. The molecule has 6 heteroatoms. The fraction of sp³-hybridized carbons (Fsp3) is 0.357. The van der Waals surface area contributed by atoms with Crippen molar-refractivity contribution in [3.63, 3.8) is 0 Å². The number of benzene rings is 1. The molecular formula is C14H15NO5. The number of nitrogens with zero attached hydrogens (tertiary/aromatic N) is 1. The normalized spacial score (nSPS) is 20.2. The Kier molecular flexibility index (Phi) is 4.14. The molecule has 106 valence electrons. The Bertz CT molecular complexity index is 528. The van der Waals surface area contributed by atoms with Crippen LogP contribution in [0.2, 0.25) is 0 Å². The van der Waals surface area contributed by atoms with E-state index in [1.807, 2.05) is 6.07 Å². The number of aliphatic hydroxyl groups excluding tert-OH is 1. The molecule has 2 rings (SSSR count). The van der Waals surface area contributed by atoms with E-state index in [1.54, 1.807) is 24.3 Å². The van der Waals surface area contributed by atoms with Crippen LogP contribution in [0.3, 0.4) is 0 Å². The molecule has 2 unspecified atom stereocenters. The van der Waals surface area contributed by atoms with Gasteiger partial charge in [0, 0.05) is 19.4 Å². The van der Waals surface area contributed by atoms with Crippen LogP contribution in [-0.4, -0.2) is 45.5 Å². The summed E-state index contributed by atoms with van der Waals surface area (Å²) in [7, 11) is 0. The minimum absolute atomic E-state index is 0.0749. The summed E-state index contributed by atoms with van der Waals surface area (Å²) >= 11 is 0. The lowest BCUT2D eigenvalue weighted by molar-refractivity contribution is -0.149. The molecule has 2 N–H and O–H groups in total. The number of carboxylic acid groups (broad SMARTS) is 1. The highest BCUT2D eigenvalue weighted by Crippen LogP contribution is 2.29. The Hall–Kier alpha value is -2.21. The maximum Gasteiger partial charge on any atom is 0.332 e. The van der Waals surface area contributed by atoms with E-state index in [9.17, 15) is 19.5 Å². The molecule has 1 aromatic rings. The highest BCUT2D eigenvalue weighted by atomic mass is 16.4. The number of hydrogen-bond donors (Lipinski definition) is 2. The number of hydrogen-bond acceptors (Lipinski definition) is 4. The maximum atomic E-state index is 12.2. The number of aliphatic hydroxyl groups is 1. The second-order valence-electron chi connectivity index (χ2n) is 4.69. The summed E-state index contributed by atoms with van der Waals surface area (Å²) in [5, 5.41) is 17.8. The van der Waals surface area contributed by atoms with Gasteiger partial charge in [-0.25, -0.2) is 4.79 Å². The number of carbonyl (C=O) groups excluding carboxylic acids is 2. The molecule has 1 aliphatic heterocycles. The third kappa shape index (κ3) is 2.85. The van der Waals surface area contributed by atoms with Gasteiger partial charge < -0.3 is 10.2 Å². The summed E-state index contributed by atoms with van der Waals surface area (Å²) in [5.41, 5.74) is 0.770. The zero-order valence-corrected chi connectivity index (χ0v) is 10.7. The summed E-state index contributed by atoms with van der Waals surface area (Å²) in [6, 6.07) is 8.98. The Morgan fingerprint density at radius 2 is 1.95 bits per heavy atom. The van der Waals surface area contributed by atoms with Crippen LogP contribution in [0.1, 0.15) is 24.3 Å². The molecule has 20 heavy (non-hydrogen) atoms. The largest absolute Gasteiger partial charge is 0.479 e. The lowest BCUT2D eigenvalue weighted by Crippen LogP contribution is -2.34. The van der Waals surface area contributed by atoms with E-state index in [1.165, 1.54) is 0 Å². The first kappa shape index (κ1) is 14.2. The number of carboxylic acids is 1. The standard InChI is InChI=1S/C14H15NO5/c16-11(14(19)20)6-7-15-12(17)8-10(13(15)18)9-4-2-1-3-5-9/h1-5,10-11,16H,6-8H2,(H,19,20). The van der Waals surface area contributed by atoms with E-state index in [4.69, 9.17) is 5.11 Å². The Morgan fingerprint density at radius 1 is 1.30 bits per heavy atom. The van der Waals surface area contributed by atoms with Crippen molar-refractivity contribution in [2.75, 3.05) is 6.54 Å². The molecule has 0 spiro atoms.